The van der Waals surface area contributed by atoms with Crippen molar-refractivity contribution < 1.29 is 44.3 Å². The third kappa shape index (κ3) is 4.08. The maximum Gasteiger partial charge on any atom is 0.305 e. The molecule has 0 spiro atoms. The van der Waals surface area contributed by atoms with Crippen LogP contribution in [-0.2, 0) is 19.1 Å². The van der Waals surface area contributed by atoms with Gasteiger partial charge in [-0.3, -0.25) is 19.2 Å². The highest BCUT2D eigenvalue weighted by Gasteiger charge is 2.65. The first kappa shape index (κ1) is 27.5. The quantitative estimate of drug-likeness (QED) is 0.198. The average molecular weight is 566 g/mol. The average Bonchev–Trinajstić information content (AvgIpc) is 2.92. The first-order valence-electron chi connectivity index (χ1n) is 12.7. The molecule has 5 rings (SSSR count). The van der Waals surface area contributed by atoms with E-state index in [0.29, 0.717) is 11.3 Å². The van der Waals surface area contributed by atoms with Crippen molar-refractivity contribution in [2.24, 2.45) is 17.6 Å². The maximum atomic E-state index is 13.9. The van der Waals surface area contributed by atoms with Crippen LogP contribution in [0.1, 0.15) is 41.6 Å². The van der Waals surface area contributed by atoms with E-state index in [2.05, 4.69) is 0 Å². The molecule has 0 saturated carbocycles. The van der Waals surface area contributed by atoms with Gasteiger partial charge >= 0.3 is 5.97 Å². The number of fused-ring (bicyclic) bond motifs is 3. The normalized spacial score (nSPS) is 27.6. The van der Waals surface area contributed by atoms with Gasteiger partial charge in [0, 0.05) is 46.8 Å². The van der Waals surface area contributed by atoms with Gasteiger partial charge in [0.15, 0.2) is 11.4 Å². The van der Waals surface area contributed by atoms with Crippen LogP contribution in [-0.4, -0.2) is 61.3 Å². The Balaban J connectivity index is 1.76. The molecule has 0 fully saturated rings. The molecule has 1 amide bonds. The summed E-state index contributed by atoms with van der Waals surface area (Å²) in [7, 11) is 0. The summed E-state index contributed by atoms with van der Waals surface area (Å²) >= 11 is 1.43. The van der Waals surface area contributed by atoms with Crippen LogP contribution in [0.25, 0.3) is 0 Å². The lowest BCUT2D eigenvalue weighted by molar-refractivity contribution is -0.174. The number of allylic oxidation sites excluding steroid dienone is 1. The van der Waals surface area contributed by atoms with Crippen molar-refractivity contribution in [2.75, 3.05) is 5.75 Å². The second-order valence-electron chi connectivity index (χ2n) is 9.99. The zero-order chi connectivity index (χ0) is 28.9. The maximum absolute atomic E-state index is 13.9. The van der Waals surface area contributed by atoms with Gasteiger partial charge in [-0.2, -0.15) is 0 Å². The van der Waals surface area contributed by atoms with Crippen LogP contribution in [0.3, 0.4) is 0 Å². The summed E-state index contributed by atoms with van der Waals surface area (Å²) < 4.78 is 5.79. The van der Waals surface area contributed by atoms with Crippen LogP contribution >= 0.6 is 11.8 Å². The first-order valence-corrected chi connectivity index (χ1v) is 13.7. The number of hydrogen-bond donors (Lipinski definition) is 5. The van der Waals surface area contributed by atoms with E-state index in [1.807, 2.05) is 30.3 Å². The summed E-state index contributed by atoms with van der Waals surface area (Å²) in [6.45, 7) is 1.54. The Hall–Kier alpha value is -4.09. The van der Waals surface area contributed by atoms with Crippen LogP contribution in [0.4, 0.5) is 0 Å². The number of amides is 1. The van der Waals surface area contributed by atoms with E-state index in [1.165, 1.54) is 17.8 Å². The third-order valence-electron chi connectivity index (χ3n) is 7.87. The summed E-state index contributed by atoms with van der Waals surface area (Å²) in [4.78, 5) is 53.0. The standard InChI is InChI=1S/C29H27NO9S/c1-2-19(33)39-25-16-11-18(32)22(28(30)37)26(35)29(16,38)27(36)23-21(25)15(12-40-13-7-4-3-5-8-13)14-9-6-10-17(31)20(14)24(23)34/h3-10,15-16,21,25,31-32,36,38H,2,11-12H2,1H3,(H2,30,37)/t15-,16+,21+,25+,29+/m0/s1. The van der Waals surface area contributed by atoms with Gasteiger partial charge in [-0.1, -0.05) is 37.3 Å². The molecule has 11 heteroatoms. The molecule has 0 unspecified atom stereocenters. The monoisotopic (exact) mass is 565 g/mol. The number of aromatic hydroxyl groups is 1. The number of carbonyl (C=O) groups is 4. The molecule has 40 heavy (non-hydrogen) atoms. The molecular formula is C29H27NO9S. The largest absolute Gasteiger partial charge is 0.511 e. The molecule has 0 aliphatic heterocycles. The lowest BCUT2D eigenvalue weighted by Gasteiger charge is -2.51. The Bertz CT molecular complexity index is 1500. The van der Waals surface area contributed by atoms with Gasteiger partial charge in [0.2, 0.25) is 5.78 Å². The molecule has 5 atom stereocenters. The minimum Gasteiger partial charge on any atom is -0.511 e. The van der Waals surface area contributed by atoms with Crippen LogP contribution < -0.4 is 5.73 Å². The van der Waals surface area contributed by atoms with Crippen molar-refractivity contribution in [1.29, 1.82) is 0 Å². The number of benzene rings is 2. The minimum atomic E-state index is -2.89. The topological polar surface area (TPSA) is 184 Å². The highest BCUT2D eigenvalue weighted by atomic mass is 32.2. The molecule has 3 aliphatic carbocycles. The van der Waals surface area contributed by atoms with Gasteiger partial charge in [-0.05, 0) is 23.8 Å². The smallest absolute Gasteiger partial charge is 0.305 e. The number of thioether (sulfide) groups is 1. The van der Waals surface area contributed by atoms with Gasteiger partial charge in [0.1, 0.15) is 28.9 Å². The second-order valence-corrected chi connectivity index (χ2v) is 11.1. The van der Waals surface area contributed by atoms with Crippen molar-refractivity contribution in [3.63, 3.8) is 0 Å². The number of rotatable bonds is 6. The Morgan fingerprint density at radius 2 is 1.77 bits per heavy atom. The molecular weight excluding hydrogens is 538 g/mol. The molecule has 0 saturated heterocycles. The number of aliphatic hydroxyl groups excluding tert-OH is 2. The molecule has 0 bridgehead atoms. The fraction of sp³-hybridized carbons (Fsp3) is 0.310. The SMILES string of the molecule is CCC(=O)O[C@H]1[C@H]2C(=C(O)[C@]3(O)C(=O)C(C(N)=O)=C(O)C[C@H]13)C(=O)c1c(O)cccc1[C@@H]2CSc1ccccc1. The summed E-state index contributed by atoms with van der Waals surface area (Å²) in [5.74, 6) is -9.24. The van der Waals surface area contributed by atoms with Gasteiger partial charge < -0.3 is 30.9 Å². The first-order chi connectivity index (χ1) is 19.0. The Morgan fingerprint density at radius 1 is 1.07 bits per heavy atom. The fourth-order valence-corrected chi connectivity index (χ4v) is 7.14. The second kappa shape index (κ2) is 10.1. The molecule has 3 aliphatic rings. The third-order valence-corrected chi connectivity index (χ3v) is 9.00. The molecule has 0 aromatic heterocycles. The van der Waals surface area contributed by atoms with E-state index < -0.39 is 82.0 Å². The predicted octanol–water partition coefficient (Wildman–Crippen LogP) is 2.85. The molecule has 0 radical (unpaired) electrons. The number of carbonyl (C=O) groups excluding carboxylic acids is 4. The van der Waals surface area contributed by atoms with Crippen molar-refractivity contribution in [3.8, 4) is 5.75 Å². The Labute approximate surface area is 233 Å². The number of phenols is 1. The number of ketones is 2. The van der Waals surface area contributed by atoms with Crippen molar-refractivity contribution in [2.45, 2.75) is 42.3 Å². The predicted molar refractivity (Wildman–Crippen MR) is 143 cm³/mol. The molecule has 2 aromatic rings. The number of esters is 1. The van der Waals surface area contributed by atoms with E-state index in [1.54, 1.807) is 19.1 Å². The van der Waals surface area contributed by atoms with Gasteiger partial charge in [-0.25, -0.2) is 0 Å². The zero-order valence-electron chi connectivity index (χ0n) is 21.4. The van der Waals surface area contributed by atoms with Gasteiger partial charge in [0.25, 0.3) is 5.91 Å². The Morgan fingerprint density at radius 3 is 2.42 bits per heavy atom. The number of primary amides is 1. The highest BCUT2D eigenvalue weighted by molar-refractivity contribution is 7.99. The van der Waals surface area contributed by atoms with Gasteiger partial charge in [-0.15, -0.1) is 11.8 Å². The molecule has 10 nitrogen and oxygen atoms in total. The fourth-order valence-electron chi connectivity index (χ4n) is 6.03. The van der Waals surface area contributed by atoms with E-state index in [4.69, 9.17) is 10.5 Å². The van der Waals surface area contributed by atoms with E-state index in [-0.39, 0.29) is 17.7 Å². The van der Waals surface area contributed by atoms with Crippen molar-refractivity contribution >= 4 is 35.2 Å². The Kier molecular flexibility index (Phi) is 6.97. The van der Waals surface area contributed by atoms with Crippen LogP contribution in [0.5, 0.6) is 5.75 Å². The summed E-state index contributed by atoms with van der Waals surface area (Å²) in [6.07, 6.45) is -1.98. The van der Waals surface area contributed by atoms with Crippen LogP contribution in [0, 0.1) is 11.8 Å². The van der Waals surface area contributed by atoms with Crippen molar-refractivity contribution in [1.82, 2.24) is 0 Å². The highest BCUT2D eigenvalue weighted by Crippen LogP contribution is 2.56. The van der Waals surface area contributed by atoms with E-state index in [9.17, 15) is 39.6 Å². The lowest BCUT2D eigenvalue weighted by atomic mass is 9.56. The molecule has 2 aromatic carbocycles. The lowest BCUT2D eigenvalue weighted by Crippen LogP contribution is -2.63. The van der Waals surface area contributed by atoms with Crippen LogP contribution in [0.2, 0.25) is 0 Å². The minimum absolute atomic E-state index is 0.0730. The summed E-state index contributed by atoms with van der Waals surface area (Å²) in [6, 6.07) is 13.9. The number of hydrogen-bond acceptors (Lipinski definition) is 10. The number of ether oxygens (including phenoxy) is 1. The number of aliphatic hydroxyl groups is 3. The number of phenolic OH excluding ortho intramolecular Hbond substituents is 1. The zero-order valence-corrected chi connectivity index (χ0v) is 22.2. The van der Waals surface area contributed by atoms with E-state index in [0.717, 1.165) is 4.90 Å². The molecule has 6 N–H and O–H groups in total. The number of Topliss-reactive ketones (excluding diaryl/α,β-unsaturated/α-hetero) is 2. The van der Waals surface area contributed by atoms with Crippen molar-refractivity contribution in [3.05, 3.63) is 82.3 Å². The molecule has 0 heterocycles. The summed E-state index contributed by atoms with van der Waals surface area (Å²) in [5, 5.41) is 44.6. The number of nitrogens with two attached hydrogens (primary N) is 1. The molecule has 208 valence electrons. The summed E-state index contributed by atoms with van der Waals surface area (Å²) in [5.41, 5.74) is 1.42. The van der Waals surface area contributed by atoms with Crippen LogP contribution in [0.15, 0.2) is 76.1 Å². The van der Waals surface area contributed by atoms with E-state index >= 15 is 0 Å². The van der Waals surface area contributed by atoms with Gasteiger partial charge in [0.05, 0.1) is 5.56 Å².